The summed E-state index contributed by atoms with van der Waals surface area (Å²) in [6.45, 7) is 1.11. The summed E-state index contributed by atoms with van der Waals surface area (Å²) in [4.78, 5) is 1.45. The SMILES string of the molecule is c1csc(C2NCCC3c4ccccc4NC32)c1. The first-order valence-corrected chi connectivity index (χ1v) is 7.44. The van der Waals surface area contributed by atoms with E-state index in [-0.39, 0.29) is 0 Å². The van der Waals surface area contributed by atoms with Gasteiger partial charge in [-0.1, -0.05) is 24.3 Å². The third kappa shape index (κ3) is 1.51. The van der Waals surface area contributed by atoms with Crippen molar-refractivity contribution in [3.8, 4) is 0 Å². The van der Waals surface area contributed by atoms with Gasteiger partial charge in [0.25, 0.3) is 0 Å². The summed E-state index contributed by atoms with van der Waals surface area (Å²) in [6.07, 6.45) is 1.23. The van der Waals surface area contributed by atoms with E-state index in [0.717, 1.165) is 6.54 Å². The van der Waals surface area contributed by atoms with Crippen LogP contribution in [0.4, 0.5) is 5.69 Å². The molecule has 2 aromatic rings. The number of fused-ring (bicyclic) bond motifs is 3. The van der Waals surface area contributed by atoms with Crippen LogP contribution in [0, 0.1) is 0 Å². The first-order chi connectivity index (χ1) is 8.93. The van der Waals surface area contributed by atoms with Gasteiger partial charge in [-0.05, 0) is 36.0 Å². The molecule has 0 aliphatic carbocycles. The highest BCUT2D eigenvalue weighted by atomic mass is 32.1. The largest absolute Gasteiger partial charge is 0.380 e. The average Bonchev–Trinajstić information content (AvgIpc) is 3.05. The molecule has 0 spiro atoms. The second-order valence-electron chi connectivity index (χ2n) is 5.10. The third-order valence-corrected chi connectivity index (χ3v) is 5.10. The monoisotopic (exact) mass is 256 g/mol. The van der Waals surface area contributed by atoms with E-state index in [9.17, 15) is 0 Å². The number of para-hydroxylation sites is 1. The Labute approximate surface area is 111 Å². The highest BCUT2D eigenvalue weighted by molar-refractivity contribution is 7.10. The second kappa shape index (κ2) is 4.11. The summed E-state index contributed by atoms with van der Waals surface area (Å²) in [6, 6.07) is 14.1. The molecule has 92 valence electrons. The van der Waals surface area contributed by atoms with Gasteiger partial charge >= 0.3 is 0 Å². The molecule has 1 aromatic carbocycles. The minimum absolute atomic E-state index is 0.455. The normalized spacial score (nSPS) is 29.4. The molecular weight excluding hydrogens is 240 g/mol. The fraction of sp³-hybridized carbons (Fsp3) is 0.333. The van der Waals surface area contributed by atoms with Crippen LogP contribution in [0.5, 0.6) is 0 Å². The zero-order valence-corrected chi connectivity index (χ0v) is 10.9. The van der Waals surface area contributed by atoms with Crippen LogP contribution in [0.15, 0.2) is 41.8 Å². The van der Waals surface area contributed by atoms with Gasteiger partial charge in [0, 0.05) is 16.5 Å². The molecule has 1 fully saturated rings. The summed E-state index contributed by atoms with van der Waals surface area (Å²) >= 11 is 1.85. The molecule has 1 saturated heterocycles. The molecule has 0 bridgehead atoms. The number of thiophene rings is 1. The number of benzene rings is 1. The second-order valence-corrected chi connectivity index (χ2v) is 6.08. The summed E-state index contributed by atoms with van der Waals surface area (Å²) in [7, 11) is 0. The first-order valence-electron chi connectivity index (χ1n) is 6.56. The van der Waals surface area contributed by atoms with E-state index in [1.54, 1.807) is 0 Å². The molecule has 0 amide bonds. The highest BCUT2D eigenvalue weighted by Gasteiger charge is 2.40. The van der Waals surface area contributed by atoms with Gasteiger partial charge in [-0.25, -0.2) is 0 Å². The maximum absolute atomic E-state index is 3.72. The molecule has 1 aromatic heterocycles. The van der Waals surface area contributed by atoms with Gasteiger partial charge in [-0.15, -0.1) is 11.3 Å². The lowest BCUT2D eigenvalue weighted by Crippen LogP contribution is -2.43. The average molecular weight is 256 g/mol. The van der Waals surface area contributed by atoms with Crippen molar-refractivity contribution in [2.24, 2.45) is 0 Å². The van der Waals surface area contributed by atoms with Crippen LogP contribution in [0.25, 0.3) is 0 Å². The van der Waals surface area contributed by atoms with Crippen LogP contribution >= 0.6 is 11.3 Å². The molecule has 0 radical (unpaired) electrons. The third-order valence-electron chi connectivity index (χ3n) is 4.14. The van der Waals surface area contributed by atoms with Crippen LogP contribution in [0.2, 0.25) is 0 Å². The topological polar surface area (TPSA) is 24.1 Å². The van der Waals surface area contributed by atoms with Gasteiger partial charge < -0.3 is 10.6 Å². The lowest BCUT2D eigenvalue weighted by molar-refractivity contribution is 0.352. The Bertz CT molecular complexity index is 543. The van der Waals surface area contributed by atoms with Gasteiger partial charge in [-0.2, -0.15) is 0 Å². The van der Waals surface area contributed by atoms with Crippen LogP contribution in [0.3, 0.4) is 0 Å². The Hall–Kier alpha value is -1.32. The molecule has 3 heteroatoms. The standard InChI is InChI=1S/C15H16N2S/c1-2-5-12-10(4-1)11-7-8-16-15(14(11)17-12)13-6-3-9-18-13/h1-6,9,11,14-17H,7-8H2. The van der Waals surface area contributed by atoms with E-state index in [1.165, 1.54) is 22.5 Å². The molecular formula is C15H16N2S. The Morgan fingerprint density at radius 3 is 2.94 bits per heavy atom. The number of hydrogen-bond donors (Lipinski definition) is 2. The van der Waals surface area contributed by atoms with Crippen molar-refractivity contribution in [3.63, 3.8) is 0 Å². The number of piperidine rings is 1. The van der Waals surface area contributed by atoms with E-state index in [4.69, 9.17) is 0 Å². The Morgan fingerprint density at radius 1 is 1.11 bits per heavy atom. The minimum atomic E-state index is 0.455. The molecule has 2 nitrogen and oxygen atoms in total. The van der Waals surface area contributed by atoms with E-state index < -0.39 is 0 Å². The van der Waals surface area contributed by atoms with Crippen LogP contribution in [-0.4, -0.2) is 12.6 Å². The molecule has 2 aliphatic rings. The summed E-state index contributed by atoms with van der Waals surface area (Å²) in [5.41, 5.74) is 2.84. The van der Waals surface area contributed by atoms with Crippen molar-refractivity contribution >= 4 is 17.0 Å². The Morgan fingerprint density at radius 2 is 2.06 bits per heavy atom. The van der Waals surface area contributed by atoms with Gasteiger partial charge in [0.05, 0.1) is 12.1 Å². The fourth-order valence-corrected chi connectivity index (χ4v) is 4.19. The van der Waals surface area contributed by atoms with Crippen molar-refractivity contribution in [2.45, 2.75) is 24.4 Å². The summed E-state index contributed by atoms with van der Waals surface area (Å²) in [5, 5.41) is 9.56. The smallest absolute Gasteiger partial charge is 0.0625 e. The lowest BCUT2D eigenvalue weighted by atomic mass is 9.84. The predicted octanol–water partition coefficient (Wildman–Crippen LogP) is 3.36. The van der Waals surface area contributed by atoms with Gasteiger partial charge in [-0.3, -0.25) is 0 Å². The maximum Gasteiger partial charge on any atom is 0.0625 e. The molecule has 3 atom stereocenters. The van der Waals surface area contributed by atoms with Gasteiger partial charge in [0.2, 0.25) is 0 Å². The van der Waals surface area contributed by atoms with E-state index in [0.29, 0.717) is 18.0 Å². The number of nitrogens with one attached hydrogen (secondary N) is 2. The number of hydrogen-bond acceptors (Lipinski definition) is 3. The molecule has 2 aliphatic heterocycles. The van der Waals surface area contributed by atoms with E-state index >= 15 is 0 Å². The van der Waals surface area contributed by atoms with Crippen molar-refractivity contribution in [1.29, 1.82) is 0 Å². The highest BCUT2D eigenvalue weighted by Crippen LogP contribution is 2.45. The Balaban J connectivity index is 1.72. The summed E-state index contributed by atoms with van der Waals surface area (Å²) in [5.74, 6) is 0.662. The number of rotatable bonds is 1. The molecule has 2 N–H and O–H groups in total. The zero-order valence-electron chi connectivity index (χ0n) is 10.1. The molecule has 3 unspecified atom stereocenters. The van der Waals surface area contributed by atoms with Crippen molar-refractivity contribution < 1.29 is 0 Å². The van der Waals surface area contributed by atoms with E-state index in [1.807, 2.05) is 11.3 Å². The molecule has 3 heterocycles. The Kier molecular flexibility index (Phi) is 2.42. The zero-order chi connectivity index (χ0) is 11.9. The van der Waals surface area contributed by atoms with Crippen molar-refractivity contribution in [3.05, 3.63) is 52.2 Å². The minimum Gasteiger partial charge on any atom is -0.380 e. The lowest BCUT2D eigenvalue weighted by Gasteiger charge is -2.34. The van der Waals surface area contributed by atoms with E-state index in [2.05, 4.69) is 52.4 Å². The molecule has 18 heavy (non-hydrogen) atoms. The van der Waals surface area contributed by atoms with Crippen LogP contribution in [-0.2, 0) is 0 Å². The van der Waals surface area contributed by atoms with Gasteiger partial charge in [0.15, 0.2) is 0 Å². The fourth-order valence-electron chi connectivity index (χ4n) is 3.34. The maximum atomic E-state index is 3.72. The quantitative estimate of drug-likeness (QED) is 0.817. The summed E-state index contributed by atoms with van der Waals surface area (Å²) < 4.78 is 0. The molecule has 0 saturated carbocycles. The predicted molar refractivity (Wildman–Crippen MR) is 76.3 cm³/mol. The number of anilines is 1. The first kappa shape index (κ1) is 10.6. The van der Waals surface area contributed by atoms with Crippen molar-refractivity contribution in [2.75, 3.05) is 11.9 Å². The van der Waals surface area contributed by atoms with Crippen molar-refractivity contribution in [1.82, 2.24) is 5.32 Å². The van der Waals surface area contributed by atoms with Gasteiger partial charge in [0.1, 0.15) is 0 Å². The van der Waals surface area contributed by atoms with Crippen LogP contribution in [0.1, 0.15) is 28.8 Å². The molecule has 4 rings (SSSR count). The van der Waals surface area contributed by atoms with Crippen LogP contribution < -0.4 is 10.6 Å².